The third-order valence-electron chi connectivity index (χ3n) is 4.36. The summed E-state index contributed by atoms with van der Waals surface area (Å²) < 4.78 is 97.3. The maximum atomic E-state index is 13.3. The number of unbranched alkanes of at least 4 members (excludes halogenated alkanes) is 2. The van der Waals surface area contributed by atoms with Crippen LogP contribution < -0.4 is 10.5 Å². The van der Waals surface area contributed by atoms with Gasteiger partial charge in [-0.3, -0.25) is 0 Å². The summed E-state index contributed by atoms with van der Waals surface area (Å²) >= 11 is 0. The summed E-state index contributed by atoms with van der Waals surface area (Å²) in [6, 6.07) is 3.39. The fourth-order valence-electron chi connectivity index (χ4n) is 2.73. The van der Waals surface area contributed by atoms with E-state index in [0.29, 0.717) is 12.8 Å². The molecule has 9 heteroatoms. The molecule has 0 fully saturated rings. The average molecular weight is 403 g/mol. The van der Waals surface area contributed by atoms with Crippen molar-refractivity contribution in [1.29, 1.82) is 0 Å². The number of anilines is 1. The minimum atomic E-state index is -4.77. The molecule has 0 aliphatic carbocycles. The Hall–Kier alpha value is -1.67. The Morgan fingerprint density at radius 2 is 1.56 bits per heavy atom. The van der Waals surface area contributed by atoms with E-state index in [4.69, 9.17) is 10.5 Å². The van der Waals surface area contributed by atoms with E-state index < -0.39 is 49.5 Å². The zero-order valence-corrected chi connectivity index (χ0v) is 15.0. The fraction of sp³-hybridized carbons (Fsp3) is 0.667. The Morgan fingerprint density at radius 1 is 0.963 bits per heavy atom. The van der Waals surface area contributed by atoms with Gasteiger partial charge in [0.15, 0.2) is 0 Å². The lowest BCUT2D eigenvalue weighted by atomic mass is 9.87. The normalized spacial score (nSPS) is 14.8. The molecule has 0 aliphatic rings. The number of alkyl halides is 6. The molecule has 2 unspecified atom stereocenters. The first-order valence-electron chi connectivity index (χ1n) is 8.76. The monoisotopic (exact) mass is 403 g/mol. The van der Waals surface area contributed by atoms with Crippen LogP contribution in [0.5, 0.6) is 5.75 Å². The van der Waals surface area contributed by atoms with Gasteiger partial charge in [-0.15, -0.1) is 0 Å². The number of rotatable bonds is 10. The second-order valence-electron chi connectivity index (χ2n) is 6.53. The van der Waals surface area contributed by atoms with Crippen LogP contribution in [0.4, 0.5) is 36.4 Å². The average Bonchev–Trinajstić information content (AvgIpc) is 2.53. The van der Waals surface area contributed by atoms with E-state index >= 15 is 0 Å². The van der Waals surface area contributed by atoms with Crippen molar-refractivity contribution in [2.75, 3.05) is 12.3 Å². The number of nitrogen functional groups attached to an aromatic ring is 1. The molecular formula is C18H24F7NO. The number of benzene rings is 1. The van der Waals surface area contributed by atoms with Crippen LogP contribution in [0.1, 0.15) is 45.4 Å². The zero-order valence-electron chi connectivity index (χ0n) is 15.0. The van der Waals surface area contributed by atoms with E-state index in [0.717, 1.165) is 6.07 Å². The highest BCUT2D eigenvalue weighted by molar-refractivity contribution is 5.43. The molecule has 0 aromatic heterocycles. The molecule has 0 aliphatic heterocycles. The van der Waals surface area contributed by atoms with Crippen molar-refractivity contribution >= 4 is 5.69 Å². The number of halogens is 7. The summed E-state index contributed by atoms with van der Waals surface area (Å²) in [6.45, 7) is 1.32. The molecule has 2 atom stereocenters. The van der Waals surface area contributed by atoms with Crippen LogP contribution in [-0.4, -0.2) is 19.0 Å². The molecule has 0 heterocycles. The lowest BCUT2D eigenvalue weighted by Crippen LogP contribution is -2.32. The predicted molar refractivity (Wildman–Crippen MR) is 88.8 cm³/mol. The van der Waals surface area contributed by atoms with E-state index in [1.165, 1.54) is 12.1 Å². The van der Waals surface area contributed by atoms with Gasteiger partial charge in [0.2, 0.25) is 0 Å². The summed E-state index contributed by atoms with van der Waals surface area (Å²) in [5.41, 5.74) is 5.14. The Morgan fingerprint density at radius 3 is 2.07 bits per heavy atom. The standard InChI is InChI=1S/C18H24F7NO/c1-2-3-4-5-12(17(20,21)22)10-13(18(23,24)25)8-9-27-14-6-7-16(26)15(19)11-14/h6-7,11-13H,2-5,8-10,26H2,1H3. The lowest BCUT2D eigenvalue weighted by Gasteiger charge is -2.27. The molecule has 156 valence electrons. The van der Waals surface area contributed by atoms with E-state index in [2.05, 4.69) is 0 Å². The quantitative estimate of drug-likeness (QED) is 0.275. The minimum absolute atomic E-state index is 0.0297. The van der Waals surface area contributed by atoms with Crippen molar-refractivity contribution in [3.63, 3.8) is 0 Å². The van der Waals surface area contributed by atoms with E-state index in [-0.39, 0.29) is 24.3 Å². The van der Waals surface area contributed by atoms with Crippen LogP contribution in [0, 0.1) is 17.7 Å². The molecule has 1 rings (SSSR count). The highest BCUT2D eigenvalue weighted by atomic mass is 19.4. The molecule has 2 nitrogen and oxygen atoms in total. The molecule has 0 radical (unpaired) electrons. The maximum absolute atomic E-state index is 13.3. The third-order valence-corrected chi connectivity index (χ3v) is 4.36. The largest absolute Gasteiger partial charge is 0.493 e. The molecule has 1 aromatic carbocycles. The van der Waals surface area contributed by atoms with Crippen LogP contribution in [0.25, 0.3) is 0 Å². The lowest BCUT2D eigenvalue weighted by molar-refractivity contribution is -0.213. The van der Waals surface area contributed by atoms with Crippen LogP contribution >= 0.6 is 0 Å². The van der Waals surface area contributed by atoms with Crippen molar-refractivity contribution in [3.05, 3.63) is 24.0 Å². The summed E-state index contributed by atoms with van der Waals surface area (Å²) in [7, 11) is 0. The van der Waals surface area contributed by atoms with Crippen molar-refractivity contribution in [1.82, 2.24) is 0 Å². The Balaban J connectivity index is 2.71. The van der Waals surface area contributed by atoms with Crippen LogP contribution in [0.3, 0.4) is 0 Å². The van der Waals surface area contributed by atoms with Gasteiger partial charge in [0.05, 0.1) is 24.1 Å². The van der Waals surface area contributed by atoms with Gasteiger partial charge in [0.25, 0.3) is 0 Å². The second-order valence-corrected chi connectivity index (χ2v) is 6.53. The summed E-state index contributed by atoms with van der Waals surface area (Å²) in [6.07, 6.45) is -10.0. The molecule has 0 amide bonds. The molecule has 27 heavy (non-hydrogen) atoms. The molecule has 0 saturated carbocycles. The number of hydrogen-bond acceptors (Lipinski definition) is 2. The number of nitrogens with two attached hydrogens (primary N) is 1. The Labute approximate surface area is 153 Å². The SMILES string of the molecule is CCCCCC(CC(CCOc1ccc(N)c(F)c1)C(F)(F)F)C(F)(F)F. The van der Waals surface area contributed by atoms with Crippen molar-refractivity contribution in [2.45, 2.75) is 57.8 Å². The first-order valence-corrected chi connectivity index (χ1v) is 8.76. The van der Waals surface area contributed by atoms with Crippen LogP contribution in [0.2, 0.25) is 0 Å². The number of hydrogen-bond donors (Lipinski definition) is 1. The minimum Gasteiger partial charge on any atom is -0.493 e. The highest BCUT2D eigenvalue weighted by Crippen LogP contribution is 2.41. The van der Waals surface area contributed by atoms with Crippen molar-refractivity contribution in [3.8, 4) is 5.75 Å². The van der Waals surface area contributed by atoms with E-state index in [1.807, 2.05) is 0 Å². The Kier molecular flexibility index (Phi) is 8.68. The van der Waals surface area contributed by atoms with Gasteiger partial charge in [-0.05, 0) is 31.4 Å². The van der Waals surface area contributed by atoms with Gasteiger partial charge in [0, 0.05) is 6.07 Å². The maximum Gasteiger partial charge on any atom is 0.391 e. The molecule has 2 N–H and O–H groups in total. The Bertz CT molecular complexity index is 572. The van der Waals surface area contributed by atoms with Gasteiger partial charge in [-0.1, -0.05) is 26.2 Å². The molecule has 1 aromatic rings. The van der Waals surface area contributed by atoms with Crippen LogP contribution in [0.15, 0.2) is 18.2 Å². The van der Waals surface area contributed by atoms with Gasteiger partial charge in [-0.2, -0.15) is 26.3 Å². The van der Waals surface area contributed by atoms with Crippen molar-refractivity contribution < 1.29 is 35.5 Å². The molecular weight excluding hydrogens is 379 g/mol. The second kappa shape index (κ2) is 10.0. The van der Waals surface area contributed by atoms with Gasteiger partial charge in [0.1, 0.15) is 11.6 Å². The topological polar surface area (TPSA) is 35.2 Å². The van der Waals surface area contributed by atoms with E-state index in [1.54, 1.807) is 6.92 Å². The number of ether oxygens (including phenoxy) is 1. The van der Waals surface area contributed by atoms with Crippen LogP contribution in [-0.2, 0) is 0 Å². The highest BCUT2D eigenvalue weighted by Gasteiger charge is 2.47. The van der Waals surface area contributed by atoms with E-state index in [9.17, 15) is 30.7 Å². The molecule has 0 spiro atoms. The predicted octanol–water partition coefficient (Wildman–Crippen LogP) is 6.50. The first-order chi connectivity index (χ1) is 12.4. The summed E-state index contributed by atoms with van der Waals surface area (Å²) in [4.78, 5) is 0. The van der Waals surface area contributed by atoms with Crippen molar-refractivity contribution in [2.24, 2.45) is 11.8 Å². The first kappa shape index (κ1) is 23.4. The smallest absolute Gasteiger partial charge is 0.391 e. The molecule has 0 bridgehead atoms. The molecule has 0 saturated heterocycles. The summed E-state index contributed by atoms with van der Waals surface area (Å²) in [5, 5.41) is 0. The fourth-order valence-corrected chi connectivity index (χ4v) is 2.73. The summed E-state index contributed by atoms with van der Waals surface area (Å²) in [5.74, 6) is -4.97. The van der Waals surface area contributed by atoms with Gasteiger partial charge >= 0.3 is 12.4 Å². The van der Waals surface area contributed by atoms with Gasteiger partial charge in [-0.25, -0.2) is 4.39 Å². The third kappa shape index (κ3) is 8.26. The zero-order chi connectivity index (χ0) is 20.7. The van der Waals surface area contributed by atoms with Gasteiger partial charge < -0.3 is 10.5 Å².